The fourth-order valence-corrected chi connectivity index (χ4v) is 2.64. The molecule has 26 heavy (non-hydrogen) atoms. The van der Waals surface area contributed by atoms with Crippen molar-refractivity contribution in [3.63, 3.8) is 0 Å². The summed E-state index contributed by atoms with van der Waals surface area (Å²) in [5.41, 5.74) is 1.20. The molecular weight excluding hydrogens is 340 g/mol. The highest BCUT2D eigenvalue weighted by Crippen LogP contribution is 2.25. The van der Waals surface area contributed by atoms with Gasteiger partial charge in [0.1, 0.15) is 0 Å². The fourth-order valence-electron chi connectivity index (χ4n) is 2.64. The minimum atomic E-state index is -0.957. The molecule has 8 heteroatoms. The number of benzene rings is 1. The SMILES string of the molecule is CCOC(=O)c1ccc(NC(=O)[C@H]2CC(=O)NC(C)=C2C(=O)OC)cc1. The van der Waals surface area contributed by atoms with E-state index in [-0.39, 0.29) is 24.5 Å². The van der Waals surface area contributed by atoms with Crippen molar-refractivity contribution in [2.45, 2.75) is 20.3 Å². The number of carbonyl (C=O) groups excluding carboxylic acids is 4. The second-order valence-corrected chi connectivity index (χ2v) is 5.62. The zero-order valence-electron chi connectivity index (χ0n) is 14.8. The Morgan fingerprint density at radius 2 is 1.85 bits per heavy atom. The molecule has 0 unspecified atom stereocenters. The maximum Gasteiger partial charge on any atom is 0.338 e. The first-order valence-electron chi connectivity index (χ1n) is 8.04. The number of carbonyl (C=O) groups is 4. The van der Waals surface area contributed by atoms with Crippen LogP contribution in [0, 0.1) is 5.92 Å². The van der Waals surface area contributed by atoms with E-state index in [1.165, 1.54) is 26.2 Å². The monoisotopic (exact) mass is 360 g/mol. The van der Waals surface area contributed by atoms with Gasteiger partial charge in [0, 0.05) is 17.8 Å². The van der Waals surface area contributed by atoms with Gasteiger partial charge in [-0.05, 0) is 38.1 Å². The third kappa shape index (κ3) is 4.27. The number of hydrogen-bond acceptors (Lipinski definition) is 6. The molecule has 1 aliphatic rings. The Balaban J connectivity index is 2.17. The van der Waals surface area contributed by atoms with Crippen molar-refractivity contribution in [3.05, 3.63) is 41.1 Å². The van der Waals surface area contributed by atoms with Gasteiger partial charge in [0.2, 0.25) is 11.8 Å². The van der Waals surface area contributed by atoms with Gasteiger partial charge >= 0.3 is 11.9 Å². The summed E-state index contributed by atoms with van der Waals surface area (Å²) in [6.07, 6.45) is -0.158. The average molecular weight is 360 g/mol. The minimum absolute atomic E-state index is 0.118. The van der Waals surface area contributed by atoms with Gasteiger partial charge in [-0.1, -0.05) is 0 Å². The molecule has 0 aliphatic carbocycles. The summed E-state index contributed by atoms with van der Waals surface area (Å²) in [4.78, 5) is 47.9. The van der Waals surface area contributed by atoms with Gasteiger partial charge < -0.3 is 20.1 Å². The summed E-state index contributed by atoms with van der Waals surface area (Å²) in [7, 11) is 1.21. The Morgan fingerprint density at radius 3 is 2.42 bits per heavy atom. The van der Waals surface area contributed by atoms with E-state index in [4.69, 9.17) is 9.47 Å². The predicted molar refractivity (Wildman–Crippen MR) is 92.0 cm³/mol. The van der Waals surface area contributed by atoms with E-state index in [9.17, 15) is 19.2 Å². The van der Waals surface area contributed by atoms with E-state index in [1.54, 1.807) is 19.1 Å². The number of methoxy groups -OCH3 is 1. The maximum atomic E-state index is 12.6. The summed E-state index contributed by atoms with van der Waals surface area (Å²) >= 11 is 0. The molecule has 0 aromatic heterocycles. The van der Waals surface area contributed by atoms with Gasteiger partial charge in [-0.3, -0.25) is 9.59 Å². The molecule has 1 aromatic rings. The van der Waals surface area contributed by atoms with Crippen LogP contribution in [0.5, 0.6) is 0 Å². The van der Waals surface area contributed by atoms with Crippen LogP contribution >= 0.6 is 0 Å². The third-order valence-electron chi connectivity index (χ3n) is 3.85. The standard InChI is InChI=1S/C18H20N2O6/c1-4-26-17(23)11-5-7-12(8-6-11)20-16(22)13-9-14(21)19-10(2)15(13)18(24)25-3/h5-8,13H,4,9H2,1-3H3,(H,19,21)(H,20,22)/t13-/m0/s1. The molecule has 1 atom stereocenters. The lowest BCUT2D eigenvalue weighted by Gasteiger charge is -2.25. The summed E-state index contributed by atoms with van der Waals surface area (Å²) < 4.78 is 9.60. The first-order chi connectivity index (χ1) is 12.4. The number of esters is 2. The third-order valence-corrected chi connectivity index (χ3v) is 3.85. The van der Waals surface area contributed by atoms with Crippen molar-refractivity contribution in [1.29, 1.82) is 0 Å². The number of hydrogen-bond donors (Lipinski definition) is 2. The molecule has 2 rings (SSSR count). The lowest BCUT2D eigenvalue weighted by atomic mass is 9.89. The minimum Gasteiger partial charge on any atom is -0.466 e. The first-order valence-corrected chi connectivity index (χ1v) is 8.04. The van der Waals surface area contributed by atoms with E-state index in [0.717, 1.165) is 0 Å². The predicted octanol–water partition coefficient (Wildman–Crippen LogP) is 1.38. The number of amides is 2. The molecule has 1 aliphatic heterocycles. The van der Waals surface area contributed by atoms with Crippen LogP contribution in [-0.2, 0) is 23.9 Å². The van der Waals surface area contributed by atoms with Crippen molar-refractivity contribution in [2.75, 3.05) is 19.0 Å². The molecule has 0 saturated heterocycles. The fraction of sp³-hybridized carbons (Fsp3) is 0.333. The molecule has 0 fully saturated rings. The van der Waals surface area contributed by atoms with Gasteiger partial charge in [-0.25, -0.2) is 9.59 Å². The Bertz CT molecular complexity index is 766. The lowest BCUT2D eigenvalue weighted by Crippen LogP contribution is -2.40. The highest BCUT2D eigenvalue weighted by Gasteiger charge is 2.36. The van der Waals surface area contributed by atoms with Crippen molar-refractivity contribution in [2.24, 2.45) is 5.92 Å². The Morgan fingerprint density at radius 1 is 1.19 bits per heavy atom. The second-order valence-electron chi connectivity index (χ2n) is 5.62. The van der Waals surface area contributed by atoms with E-state index < -0.39 is 23.8 Å². The number of allylic oxidation sites excluding steroid dienone is 1. The molecular formula is C18H20N2O6. The highest BCUT2D eigenvalue weighted by molar-refractivity contribution is 6.06. The van der Waals surface area contributed by atoms with Gasteiger partial charge in [0.05, 0.1) is 30.8 Å². The molecule has 0 spiro atoms. The quantitative estimate of drug-likeness (QED) is 0.768. The Kier molecular flexibility index (Phi) is 6.11. The molecule has 8 nitrogen and oxygen atoms in total. The number of ether oxygens (including phenoxy) is 2. The van der Waals surface area contributed by atoms with Crippen LogP contribution in [0.3, 0.4) is 0 Å². The van der Waals surface area contributed by atoms with E-state index in [2.05, 4.69) is 10.6 Å². The second kappa shape index (κ2) is 8.28. The lowest BCUT2D eigenvalue weighted by molar-refractivity contribution is -0.139. The van der Waals surface area contributed by atoms with Gasteiger partial charge in [-0.15, -0.1) is 0 Å². The van der Waals surface area contributed by atoms with Crippen LogP contribution < -0.4 is 10.6 Å². The average Bonchev–Trinajstić information content (AvgIpc) is 2.61. The van der Waals surface area contributed by atoms with Crippen LogP contribution in [0.15, 0.2) is 35.5 Å². The van der Waals surface area contributed by atoms with E-state index >= 15 is 0 Å². The van der Waals surface area contributed by atoms with Crippen LogP contribution in [0.25, 0.3) is 0 Å². The van der Waals surface area contributed by atoms with Crippen molar-refractivity contribution in [1.82, 2.24) is 5.32 Å². The van der Waals surface area contributed by atoms with Gasteiger partial charge in [0.15, 0.2) is 0 Å². The van der Waals surface area contributed by atoms with Crippen molar-refractivity contribution in [3.8, 4) is 0 Å². The van der Waals surface area contributed by atoms with Crippen molar-refractivity contribution >= 4 is 29.4 Å². The normalized spacial score (nSPS) is 16.6. The Hall–Kier alpha value is -3.16. The van der Waals surface area contributed by atoms with Gasteiger partial charge in [-0.2, -0.15) is 0 Å². The number of anilines is 1. The topological polar surface area (TPSA) is 111 Å². The van der Waals surface area contributed by atoms with Crippen LogP contribution in [0.2, 0.25) is 0 Å². The largest absolute Gasteiger partial charge is 0.466 e. The van der Waals surface area contributed by atoms with E-state index in [0.29, 0.717) is 16.9 Å². The molecule has 1 heterocycles. The maximum absolute atomic E-state index is 12.6. The molecule has 2 amide bonds. The molecule has 1 aromatic carbocycles. The molecule has 0 saturated carbocycles. The molecule has 2 N–H and O–H groups in total. The summed E-state index contributed by atoms with van der Waals surface area (Å²) in [5.74, 6) is -2.95. The Labute approximate surface area is 150 Å². The van der Waals surface area contributed by atoms with Crippen molar-refractivity contribution < 1.29 is 28.7 Å². The molecule has 0 radical (unpaired) electrons. The van der Waals surface area contributed by atoms with E-state index in [1.807, 2.05) is 0 Å². The zero-order chi connectivity index (χ0) is 19.3. The smallest absolute Gasteiger partial charge is 0.338 e. The number of rotatable bonds is 5. The summed E-state index contributed by atoms with van der Waals surface area (Å²) in [6, 6.07) is 6.12. The van der Waals surface area contributed by atoms with Crippen LogP contribution in [-0.4, -0.2) is 37.5 Å². The molecule has 0 bridgehead atoms. The number of nitrogens with one attached hydrogen (secondary N) is 2. The summed E-state index contributed by atoms with van der Waals surface area (Å²) in [6.45, 7) is 3.52. The zero-order valence-corrected chi connectivity index (χ0v) is 14.8. The van der Waals surface area contributed by atoms with Crippen LogP contribution in [0.4, 0.5) is 5.69 Å². The highest BCUT2D eigenvalue weighted by atomic mass is 16.5. The van der Waals surface area contributed by atoms with Crippen LogP contribution in [0.1, 0.15) is 30.6 Å². The van der Waals surface area contributed by atoms with Gasteiger partial charge in [0.25, 0.3) is 0 Å². The first kappa shape index (κ1) is 19.2. The molecule has 138 valence electrons. The summed E-state index contributed by atoms with van der Waals surface area (Å²) in [5, 5.41) is 5.18.